The van der Waals surface area contributed by atoms with Gasteiger partial charge in [0.15, 0.2) is 5.82 Å². The van der Waals surface area contributed by atoms with Gasteiger partial charge >= 0.3 is 0 Å². The summed E-state index contributed by atoms with van der Waals surface area (Å²) < 4.78 is 0. The lowest BCUT2D eigenvalue weighted by Gasteiger charge is -2.18. The van der Waals surface area contributed by atoms with Crippen molar-refractivity contribution in [1.29, 1.82) is 0 Å². The second-order valence-electron chi connectivity index (χ2n) is 5.61. The molecule has 1 saturated carbocycles. The fraction of sp³-hybridized carbons (Fsp3) is 0.500. The summed E-state index contributed by atoms with van der Waals surface area (Å²) in [5.41, 5.74) is 0.997. The summed E-state index contributed by atoms with van der Waals surface area (Å²) >= 11 is 0. The third kappa shape index (κ3) is 2.70. The number of anilines is 1. The summed E-state index contributed by atoms with van der Waals surface area (Å²) in [6.45, 7) is 4.25. The lowest BCUT2D eigenvalue weighted by atomic mass is 10.1. The van der Waals surface area contributed by atoms with E-state index in [0.29, 0.717) is 6.04 Å². The molecule has 3 nitrogen and oxygen atoms in total. The topological polar surface area (TPSA) is 37.8 Å². The van der Waals surface area contributed by atoms with Crippen LogP contribution in [0.5, 0.6) is 0 Å². The van der Waals surface area contributed by atoms with Gasteiger partial charge in [-0.3, -0.25) is 0 Å². The molecule has 0 bridgehead atoms. The molecule has 1 fully saturated rings. The SMILES string of the molecule is CCC(CC1CC1)Nc1nnc(C)c2ccccc12. The molecule has 1 aliphatic rings. The summed E-state index contributed by atoms with van der Waals surface area (Å²) in [5, 5.41) is 14.6. The van der Waals surface area contributed by atoms with Gasteiger partial charge in [-0.15, -0.1) is 5.10 Å². The van der Waals surface area contributed by atoms with Crippen molar-refractivity contribution in [2.75, 3.05) is 5.32 Å². The minimum atomic E-state index is 0.521. The van der Waals surface area contributed by atoms with Crippen molar-refractivity contribution < 1.29 is 0 Å². The lowest BCUT2D eigenvalue weighted by Crippen LogP contribution is -2.20. The van der Waals surface area contributed by atoms with E-state index in [4.69, 9.17) is 0 Å². The molecule has 3 heteroatoms. The van der Waals surface area contributed by atoms with Crippen LogP contribution in [0.15, 0.2) is 24.3 Å². The Bertz CT molecular complexity index is 575. The van der Waals surface area contributed by atoms with Crippen LogP contribution < -0.4 is 5.32 Å². The second-order valence-corrected chi connectivity index (χ2v) is 5.61. The summed E-state index contributed by atoms with van der Waals surface area (Å²) in [4.78, 5) is 0. The standard InChI is InChI=1S/C16H21N3/c1-3-13(10-12-8-9-12)17-16-15-7-5-4-6-14(15)11(2)18-19-16/h4-7,12-13H,3,8-10H2,1-2H3,(H,17,19). The zero-order valence-corrected chi connectivity index (χ0v) is 11.7. The van der Waals surface area contributed by atoms with E-state index in [0.717, 1.165) is 23.9 Å². The number of hydrogen-bond acceptors (Lipinski definition) is 3. The van der Waals surface area contributed by atoms with Crippen LogP contribution in [0.4, 0.5) is 5.82 Å². The van der Waals surface area contributed by atoms with Crippen molar-refractivity contribution in [3.8, 4) is 0 Å². The largest absolute Gasteiger partial charge is 0.365 e. The monoisotopic (exact) mass is 255 g/mol. The number of aryl methyl sites for hydroxylation is 1. The van der Waals surface area contributed by atoms with Gasteiger partial charge in [-0.1, -0.05) is 44.0 Å². The molecule has 0 amide bonds. The minimum Gasteiger partial charge on any atom is -0.365 e. The van der Waals surface area contributed by atoms with Crippen LogP contribution in [0.25, 0.3) is 10.8 Å². The van der Waals surface area contributed by atoms with E-state index in [1.165, 1.54) is 30.0 Å². The first-order valence-electron chi connectivity index (χ1n) is 7.26. The van der Waals surface area contributed by atoms with Crippen molar-refractivity contribution in [2.24, 2.45) is 5.92 Å². The van der Waals surface area contributed by atoms with E-state index >= 15 is 0 Å². The number of benzene rings is 1. The van der Waals surface area contributed by atoms with E-state index in [1.54, 1.807) is 0 Å². The lowest BCUT2D eigenvalue weighted by molar-refractivity contribution is 0.585. The quantitative estimate of drug-likeness (QED) is 0.879. The number of rotatable bonds is 5. The maximum Gasteiger partial charge on any atom is 0.156 e. The third-order valence-corrected chi connectivity index (χ3v) is 4.02. The number of aromatic nitrogens is 2. The third-order valence-electron chi connectivity index (χ3n) is 4.02. The van der Waals surface area contributed by atoms with Crippen molar-refractivity contribution in [3.63, 3.8) is 0 Å². The van der Waals surface area contributed by atoms with Crippen LogP contribution in [0.3, 0.4) is 0 Å². The molecular formula is C16H21N3. The molecule has 1 aromatic carbocycles. The average molecular weight is 255 g/mol. The molecule has 0 radical (unpaired) electrons. The first kappa shape index (κ1) is 12.4. The minimum absolute atomic E-state index is 0.521. The molecule has 0 saturated heterocycles. The van der Waals surface area contributed by atoms with E-state index in [9.17, 15) is 0 Å². The zero-order chi connectivity index (χ0) is 13.2. The highest BCUT2D eigenvalue weighted by molar-refractivity contribution is 5.92. The highest BCUT2D eigenvalue weighted by Crippen LogP contribution is 2.35. The Balaban J connectivity index is 1.89. The molecule has 2 aromatic rings. The predicted octanol–water partition coefficient (Wildman–Crippen LogP) is 3.93. The second kappa shape index (κ2) is 5.16. The van der Waals surface area contributed by atoms with Crippen molar-refractivity contribution in [1.82, 2.24) is 10.2 Å². The Morgan fingerprint density at radius 3 is 2.63 bits per heavy atom. The van der Waals surface area contributed by atoms with Crippen LogP contribution >= 0.6 is 0 Å². The summed E-state index contributed by atoms with van der Waals surface area (Å²) in [6.07, 6.45) is 5.21. The molecule has 1 N–H and O–H groups in total. The number of fused-ring (bicyclic) bond motifs is 1. The maximum atomic E-state index is 4.36. The average Bonchev–Trinajstić information content (AvgIpc) is 3.25. The van der Waals surface area contributed by atoms with E-state index in [2.05, 4.69) is 46.7 Å². The van der Waals surface area contributed by atoms with E-state index in [-0.39, 0.29) is 0 Å². The Hall–Kier alpha value is -1.64. The van der Waals surface area contributed by atoms with Gasteiger partial charge in [0.2, 0.25) is 0 Å². The predicted molar refractivity (Wildman–Crippen MR) is 79.3 cm³/mol. The van der Waals surface area contributed by atoms with Gasteiger partial charge in [-0.2, -0.15) is 5.10 Å². The van der Waals surface area contributed by atoms with Crippen LogP contribution in [-0.4, -0.2) is 16.2 Å². The van der Waals surface area contributed by atoms with Crippen molar-refractivity contribution >= 4 is 16.6 Å². The first-order valence-corrected chi connectivity index (χ1v) is 7.26. The number of nitrogens with one attached hydrogen (secondary N) is 1. The molecule has 1 aliphatic carbocycles. The van der Waals surface area contributed by atoms with Crippen molar-refractivity contribution in [3.05, 3.63) is 30.0 Å². The van der Waals surface area contributed by atoms with E-state index in [1.807, 2.05) is 6.92 Å². The molecular weight excluding hydrogens is 234 g/mol. The fourth-order valence-corrected chi connectivity index (χ4v) is 2.62. The molecule has 3 rings (SSSR count). The van der Waals surface area contributed by atoms with E-state index < -0.39 is 0 Å². The Morgan fingerprint density at radius 1 is 1.21 bits per heavy atom. The summed E-state index contributed by atoms with van der Waals surface area (Å²) in [5.74, 6) is 1.87. The van der Waals surface area contributed by atoms with Crippen molar-refractivity contribution in [2.45, 2.75) is 45.6 Å². The zero-order valence-electron chi connectivity index (χ0n) is 11.7. The normalized spacial score (nSPS) is 16.5. The molecule has 0 spiro atoms. The number of nitrogens with zero attached hydrogens (tertiary/aromatic N) is 2. The Morgan fingerprint density at radius 2 is 1.95 bits per heavy atom. The van der Waals surface area contributed by atoms with Gasteiger partial charge in [-0.25, -0.2) is 0 Å². The Kier molecular flexibility index (Phi) is 3.36. The van der Waals surface area contributed by atoms with Gasteiger partial charge in [0.05, 0.1) is 5.69 Å². The van der Waals surface area contributed by atoms with Crippen LogP contribution in [0.1, 0.15) is 38.3 Å². The van der Waals surface area contributed by atoms with Gasteiger partial charge in [-0.05, 0) is 25.7 Å². The molecule has 1 aromatic heterocycles. The molecule has 1 atom stereocenters. The van der Waals surface area contributed by atoms with Crippen LogP contribution in [0, 0.1) is 12.8 Å². The van der Waals surface area contributed by atoms with Gasteiger partial charge in [0.25, 0.3) is 0 Å². The molecule has 0 aliphatic heterocycles. The summed E-state index contributed by atoms with van der Waals surface area (Å²) in [7, 11) is 0. The van der Waals surface area contributed by atoms with Crippen LogP contribution in [0.2, 0.25) is 0 Å². The smallest absolute Gasteiger partial charge is 0.156 e. The van der Waals surface area contributed by atoms with Gasteiger partial charge in [0.1, 0.15) is 0 Å². The fourth-order valence-electron chi connectivity index (χ4n) is 2.62. The Labute approximate surface area is 114 Å². The molecule has 1 heterocycles. The van der Waals surface area contributed by atoms with Crippen LogP contribution in [-0.2, 0) is 0 Å². The summed E-state index contributed by atoms with van der Waals surface area (Å²) in [6, 6.07) is 8.89. The highest BCUT2D eigenvalue weighted by atomic mass is 15.2. The number of hydrogen-bond donors (Lipinski definition) is 1. The van der Waals surface area contributed by atoms with Gasteiger partial charge < -0.3 is 5.32 Å². The maximum absolute atomic E-state index is 4.36. The molecule has 100 valence electrons. The highest BCUT2D eigenvalue weighted by Gasteiger charge is 2.25. The molecule has 1 unspecified atom stereocenters. The first-order chi connectivity index (χ1) is 9.28. The van der Waals surface area contributed by atoms with Gasteiger partial charge in [0, 0.05) is 16.8 Å². The molecule has 19 heavy (non-hydrogen) atoms.